The summed E-state index contributed by atoms with van der Waals surface area (Å²) in [6.45, 7) is 4.28. The van der Waals surface area contributed by atoms with Crippen molar-refractivity contribution >= 4 is 5.97 Å². The van der Waals surface area contributed by atoms with Gasteiger partial charge in [0, 0.05) is 4.53 Å². The summed E-state index contributed by atoms with van der Waals surface area (Å²) in [7, 11) is 0. The van der Waals surface area contributed by atoms with Crippen LogP contribution in [-0.4, -0.2) is 12.6 Å². The Labute approximate surface area is 174 Å². The quantitative estimate of drug-likeness (QED) is 0.418. The molecule has 0 aromatic heterocycles. The summed E-state index contributed by atoms with van der Waals surface area (Å²) in [6, 6.07) is 21.7. The molecule has 0 atom stereocenters. The van der Waals surface area contributed by atoms with Crippen LogP contribution in [-0.2, 0) is 18.2 Å². The molecule has 3 rings (SSSR count). The topological polar surface area (TPSA) is 54.0 Å². The van der Waals surface area contributed by atoms with Crippen LogP contribution in [0.25, 0.3) is 0 Å². The number of ether oxygens (including phenoxy) is 3. The highest BCUT2D eigenvalue weighted by molar-refractivity contribution is 5.90. The van der Waals surface area contributed by atoms with Crippen molar-refractivity contribution in [2.75, 3.05) is 6.61 Å². The second-order valence-corrected chi connectivity index (χ2v) is 6.31. The van der Waals surface area contributed by atoms with E-state index in [-0.39, 0.29) is 42.6 Å². The van der Waals surface area contributed by atoms with Gasteiger partial charge in [0.2, 0.25) is 5.75 Å². The molecule has 0 aliphatic rings. The van der Waals surface area contributed by atoms with Crippen molar-refractivity contribution in [3.63, 3.8) is 0 Å². The Morgan fingerprint density at radius 1 is 0.833 bits per heavy atom. The molecule has 30 heavy (non-hydrogen) atoms. The molecular weight excluding hydrogens is 387 g/mol. The standard InChI is InChI=1S/C24H21FO5/c1-2-13-27-23-21(28-16-18-9-5-3-6-10-18)14-20(24(26)30-25)15-22(23)29-17-19-11-7-4-8-12-19/h2-12,14-15H,1,13,16-17H2. The number of halogens is 1. The predicted molar refractivity (Wildman–Crippen MR) is 110 cm³/mol. The second-order valence-electron chi connectivity index (χ2n) is 6.31. The summed E-state index contributed by atoms with van der Waals surface area (Å²) in [5.41, 5.74) is 1.77. The number of benzene rings is 3. The zero-order valence-electron chi connectivity index (χ0n) is 16.3. The fourth-order valence-corrected chi connectivity index (χ4v) is 2.71. The Balaban J connectivity index is 1.93. The highest BCUT2D eigenvalue weighted by atomic mass is 19.3. The van der Waals surface area contributed by atoms with Crippen molar-refractivity contribution in [2.24, 2.45) is 0 Å². The lowest BCUT2D eigenvalue weighted by atomic mass is 10.1. The van der Waals surface area contributed by atoms with E-state index in [0.29, 0.717) is 0 Å². The lowest BCUT2D eigenvalue weighted by Gasteiger charge is -2.17. The smallest absolute Gasteiger partial charge is 0.379 e. The molecule has 0 aliphatic heterocycles. The molecule has 0 saturated carbocycles. The first-order valence-corrected chi connectivity index (χ1v) is 9.29. The van der Waals surface area contributed by atoms with Gasteiger partial charge in [-0.15, -0.1) is 0 Å². The van der Waals surface area contributed by atoms with Crippen molar-refractivity contribution in [2.45, 2.75) is 13.2 Å². The first-order chi connectivity index (χ1) is 14.7. The van der Waals surface area contributed by atoms with E-state index in [0.717, 1.165) is 11.1 Å². The van der Waals surface area contributed by atoms with E-state index in [1.165, 1.54) is 12.1 Å². The maximum Gasteiger partial charge on any atom is 0.379 e. The Morgan fingerprint density at radius 2 is 1.33 bits per heavy atom. The lowest BCUT2D eigenvalue weighted by Crippen LogP contribution is -2.07. The van der Waals surface area contributed by atoms with E-state index in [4.69, 9.17) is 14.2 Å². The minimum absolute atomic E-state index is 0.0606. The van der Waals surface area contributed by atoms with E-state index >= 15 is 0 Å². The van der Waals surface area contributed by atoms with Crippen LogP contribution in [0.5, 0.6) is 17.2 Å². The molecule has 154 valence electrons. The molecule has 0 spiro atoms. The monoisotopic (exact) mass is 408 g/mol. The Kier molecular flexibility index (Phi) is 7.44. The second kappa shape index (κ2) is 10.7. The number of carbonyl (C=O) groups is 1. The molecule has 0 fully saturated rings. The molecule has 0 amide bonds. The van der Waals surface area contributed by atoms with Crippen molar-refractivity contribution < 1.29 is 28.5 Å². The van der Waals surface area contributed by atoms with E-state index < -0.39 is 5.97 Å². The van der Waals surface area contributed by atoms with Crippen LogP contribution in [0.4, 0.5) is 4.53 Å². The summed E-state index contributed by atoms with van der Waals surface area (Å²) in [5.74, 6) is -0.408. The first-order valence-electron chi connectivity index (χ1n) is 9.29. The summed E-state index contributed by atoms with van der Waals surface area (Å²) >= 11 is 0. The number of hydrogen-bond donors (Lipinski definition) is 0. The molecule has 3 aromatic carbocycles. The molecule has 6 heteroatoms. The lowest BCUT2D eigenvalue weighted by molar-refractivity contribution is -0.0788. The molecule has 0 heterocycles. The summed E-state index contributed by atoms with van der Waals surface area (Å²) in [4.78, 5) is 15.2. The highest BCUT2D eigenvalue weighted by Gasteiger charge is 2.20. The van der Waals surface area contributed by atoms with Crippen LogP contribution in [0.15, 0.2) is 85.5 Å². The van der Waals surface area contributed by atoms with E-state index in [2.05, 4.69) is 11.5 Å². The largest absolute Gasteiger partial charge is 0.485 e. The summed E-state index contributed by atoms with van der Waals surface area (Å²) < 4.78 is 30.1. The van der Waals surface area contributed by atoms with E-state index in [1.807, 2.05) is 60.7 Å². The van der Waals surface area contributed by atoms with Gasteiger partial charge in [0.05, 0.1) is 5.56 Å². The van der Waals surface area contributed by atoms with Gasteiger partial charge in [-0.05, 0) is 23.3 Å². The maximum atomic E-state index is 12.6. The van der Waals surface area contributed by atoms with Crippen LogP contribution < -0.4 is 14.2 Å². The van der Waals surface area contributed by atoms with Gasteiger partial charge >= 0.3 is 5.97 Å². The van der Waals surface area contributed by atoms with Crippen LogP contribution in [0.3, 0.4) is 0 Å². The van der Waals surface area contributed by atoms with Gasteiger partial charge < -0.3 is 14.2 Å². The third-order valence-electron chi connectivity index (χ3n) is 4.15. The average molecular weight is 408 g/mol. The van der Waals surface area contributed by atoms with Crippen molar-refractivity contribution in [1.82, 2.24) is 0 Å². The zero-order chi connectivity index (χ0) is 21.2. The third kappa shape index (κ3) is 5.61. The van der Waals surface area contributed by atoms with Gasteiger partial charge in [-0.2, -0.15) is 0 Å². The molecule has 0 saturated heterocycles. The fraction of sp³-hybridized carbons (Fsp3) is 0.125. The molecule has 0 aliphatic carbocycles. The normalized spacial score (nSPS) is 10.2. The van der Waals surface area contributed by atoms with Crippen LogP contribution >= 0.6 is 0 Å². The van der Waals surface area contributed by atoms with Crippen LogP contribution in [0.2, 0.25) is 0 Å². The van der Waals surface area contributed by atoms with Gasteiger partial charge in [0.15, 0.2) is 11.5 Å². The maximum absolute atomic E-state index is 12.6. The SMILES string of the molecule is C=CCOc1c(OCc2ccccc2)cc(C(=O)OF)cc1OCc1ccccc1. The molecule has 0 bridgehead atoms. The number of carbonyl (C=O) groups excluding carboxylic acids is 1. The van der Waals surface area contributed by atoms with Gasteiger partial charge in [-0.3, -0.25) is 0 Å². The molecule has 3 aromatic rings. The zero-order valence-corrected chi connectivity index (χ0v) is 16.3. The third-order valence-corrected chi connectivity index (χ3v) is 4.15. The van der Waals surface area contributed by atoms with Crippen molar-refractivity contribution in [3.8, 4) is 17.2 Å². The van der Waals surface area contributed by atoms with Crippen LogP contribution in [0, 0.1) is 0 Å². The van der Waals surface area contributed by atoms with Crippen LogP contribution in [0.1, 0.15) is 21.5 Å². The minimum atomic E-state index is -1.15. The Hall–Kier alpha value is -3.80. The van der Waals surface area contributed by atoms with Gasteiger partial charge in [-0.25, -0.2) is 9.74 Å². The van der Waals surface area contributed by atoms with E-state index in [1.54, 1.807) is 6.08 Å². The van der Waals surface area contributed by atoms with Crippen molar-refractivity contribution in [3.05, 3.63) is 102 Å². The Bertz CT molecular complexity index is 909. The first kappa shape index (κ1) is 20.9. The highest BCUT2D eigenvalue weighted by Crippen LogP contribution is 2.40. The van der Waals surface area contributed by atoms with Gasteiger partial charge in [0.1, 0.15) is 19.8 Å². The summed E-state index contributed by atoms with van der Waals surface area (Å²) in [5, 5.41) is 0. The molecule has 0 unspecified atom stereocenters. The van der Waals surface area contributed by atoms with E-state index in [9.17, 15) is 9.32 Å². The minimum Gasteiger partial charge on any atom is -0.485 e. The molecule has 5 nitrogen and oxygen atoms in total. The fourth-order valence-electron chi connectivity index (χ4n) is 2.71. The number of hydrogen-bond acceptors (Lipinski definition) is 5. The van der Waals surface area contributed by atoms with Gasteiger partial charge in [0.25, 0.3) is 0 Å². The summed E-state index contributed by atoms with van der Waals surface area (Å²) in [6.07, 6.45) is 1.58. The molecular formula is C24H21FO5. The molecule has 0 radical (unpaired) electrons. The predicted octanol–water partition coefficient (Wildman–Crippen LogP) is 5.45. The Morgan fingerprint density at radius 3 is 1.77 bits per heavy atom. The van der Waals surface area contributed by atoms with Gasteiger partial charge in [-0.1, -0.05) is 73.3 Å². The van der Waals surface area contributed by atoms with Crippen molar-refractivity contribution in [1.29, 1.82) is 0 Å². The molecule has 0 N–H and O–H groups in total. The number of rotatable bonds is 10. The average Bonchev–Trinajstić information content (AvgIpc) is 2.81.